The van der Waals surface area contributed by atoms with Gasteiger partial charge < -0.3 is 10.6 Å². The van der Waals surface area contributed by atoms with Crippen LogP contribution in [0.15, 0.2) is 47.5 Å². The number of aromatic nitrogens is 1. The number of nitrogens with one attached hydrogen (secondary N) is 2. The van der Waals surface area contributed by atoms with Gasteiger partial charge in [0.25, 0.3) is 0 Å². The van der Waals surface area contributed by atoms with Crippen molar-refractivity contribution in [1.29, 1.82) is 0 Å². The minimum atomic E-state index is 0.559. The van der Waals surface area contributed by atoms with Crippen LogP contribution in [0.1, 0.15) is 23.9 Å². The highest BCUT2D eigenvalue weighted by atomic mass is 35.5. The highest BCUT2D eigenvalue weighted by molar-refractivity contribution is 6.31. The van der Waals surface area contributed by atoms with Gasteiger partial charge in [-0.15, -0.1) is 0 Å². The summed E-state index contributed by atoms with van der Waals surface area (Å²) in [6.07, 6.45) is 0.854. The summed E-state index contributed by atoms with van der Waals surface area (Å²) in [5.41, 5.74) is 3.11. The largest absolute Gasteiger partial charge is 0.357 e. The van der Waals surface area contributed by atoms with Crippen LogP contribution in [-0.2, 0) is 13.0 Å². The van der Waals surface area contributed by atoms with Crippen LogP contribution in [0, 0.1) is 6.92 Å². The second kappa shape index (κ2) is 9.16. The van der Waals surface area contributed by atoms with Gasteiger partial charge in [0, 0.05) is 23.8 Å². The first-order valence-corrected chi connectivity index (χ1v) is 8.25. The molecule has 0 aliphatic heterocycles. The second-order valence-electron chi connectivity index (χ2n) is 5.23. The van der Waals surface area contributed by atoms with Crippen molar-refractivity contribution in [3.63, 3.8) is 0 Å². The molecule has 0 aliphatic carbocycles. The maximum Gasteiger partial charge on any atom is 0.191 e. The first kappa shape index (κ1) is 17.3. The van der Waals surface area contributed by atoms with Crippen LogP contribution >= 0.6 is 11.6 Å². The van der Waals surface area contributed by atoms with Crippen LogP contribution in [0.2, 0.25) is 5.02 Å². The molecule has 2 rings (SSSR count). The second-order valence-corrected chi connectivity index (χ2v) is 5.64. The van der Waals surface area contributed by atoms with E-state index in [1.165, 1.54) is 0 Å². The third kappa shape index (κ3) is 5.91. The van der Waals surface area contributed by atoms with Gasteiger partial charge in [0.1, 0.15) is 0 Å². The van der Waals surface area contributed by atoms with Gasteiger partial charge in [-0.2, -0.15) is 0 Å². The Hall–Kier alpha value is -2.07. The normalized spacial score (nSPS) is 11.3. The molecule has 1 aromatic heterocycles. The standard InChI is InChI=1S/C18H23ClN4/c1-3-20-18(22-13-16-9-6-7-14(2)23-16)21-12-11-15-8-4-5-10-17(15)19/h4-10H,3,11-13H2,1-2H3,(H2,20,21,22). The van der Waals surface area contributed by atoms with E-state index in [0.717, 1.165) is 47.4 Å². The Morgan fingerprint density at radius 2 is 1.96 bits per heavy atom. The average molecular weight is 331 g/mol. The molecule has 1 aromatic carbocycles. The molecule has 0 bridgehead atoms. The van der Waals surface area contributed by atoms with Crippen molar-refractivity contribution in [1.82, 2.24) is 15.6 Å². The predicted molar refractivity (Wildman–Crippen MR) is 96.9 cm³/mol. The van der Waals surface area contributed by atoms with Crippen LogP contribution in [-0.4, -0.2) is 24.0 Å². The summed E-state index contributed by atoms with van der Waals surface area (Å²) in [5, 5.41) is 7.39. The van der Waals surface area contributed by atoms with Crippen LogP contribution in [0.25, 0.3) is 0 Å². The lowest BCUT2D eigenvalue weighted by atomic mass is 10.1. The van der Waals surface area contributed by atoms with E-state index in [9.17, 15) is 0 Å². The maximum atomic E-state index is 6.17. The van der Waals surface area contributed by atoms with Gasteiger partial charge in [-0.1, -0.05) is 35.9 Å². The Morgan fingerprint density at radius 3 is 2.70 bits per heavy atom. The zero-order chi connectivity index (χ0) is 16.5. The van der Waals surface area contributed by atoms with Crippen LogP contribution < -0.4 is 10.6 Å². The number of nitrogens with zero attached hydrogens (tertiary/aromatic N) is 2. The maximum absolute atomic E-state index is 6.17. The van der Waals surface area contributed by atoms with Crippen molar-refractivity contribution >= 4 is 17.6 Å². The number of hydrogen-bond donors (Lipinski definition) is 2. The fourth-order valence-corrected chi connectivity index (χ4v) is 2.44. The van der Waals surface area contributed by atoms with Gasteiger partial charge >= 0.3 is 0 Å². The molecule has 0 aliphatic rings. The number of aryl methyl sites for hydroxylation is 1. The van der Waals surface area contributed by atoms with Gasteiger partial charge in [0.05, 0.1) is 12.2 Å². The van der Waals surface area contributed by atoms with E-state index < -0.39 is 0 Å². The van der Waals surface area contributed by atoms with Crippen molar-refractivity contribution < 1.29 is 0 Å². The van der Waals surface area contributed by atoms with E-state index in [2.05, 4.69) is 27.5 Å². The molecule has 122 valence electrons. The molecule has 0 unspecified atom stereocenters. The number of aliphatic imine (C=N–C) groups is 1. The molecule has 0 saturated carbocycles. The van der Waals surface area contributed by atoms with Crippen LogP contribution in [0.5, 0.6) is 0 Å². The molecule has 1 heterocycles. The summed E-state index contributed by atoms with van der Waals surface area (Å²) in [7, 11) is 0. The monoisotopic (exact) mass is 330 g/mol. The minimum absolute atomic E-state index is 0.559. The fourth-order valence-electron chi connectivity index (χ4n) is 2.21. The molecule has 0 amide bonds. The molecule has 0 spiro atoms. The topological polar surface area (TPSA) is 49.3 Å². The first-order valence-electron chi connectivity index (χ1n) is 7.87. The molecular formula is C18H23ClN4. The van der Waals surface area contributed by atoms with Gasteiger partial charge in [-0.25, -0.2) is 4.99 Å². The third-order valence-electron chi connectivity index (χ3n) is 3.33. The van der Waals surface area contributed by atoms with Gasteiger partial charge in [0.2, 0.25) is 0 Å². The molecular weight excluding hydrogens is 308 g/mol. The van der Waals surface area contributed by atoms with Gasteiger partial charge in [-0.05, 0) is 44.0 Å². The quantitative estimate of drug-likeness (QED) is 0.631. The lowest BCUT2D eigenvalue weighted by molar-refractivity contribution is 0.796. The molecule has 23 heavy (non-hydrogen) atoms. The van der Waals surface area contributed by atoms with Crippen molar-refractivity contribution in [2.24, 2.45) is 4.99 Å². The molecule has 2 aromatic rings. The molecule has 0 fully saturated rings. The molecule has 0 saturated heterocycles. The highest BCUT2D eigenvalue weighted by Gasteiger charge is 2.01. The highest BCUT2D eigenvalue weighted by Crippen LogP contribution is 2.14. The number of rotatable bonds is 6. The van der Waals surface area contributed by atoms with Crippen molar-refractivity contribution in [3.05, 3.63) is 64.4 Å². The Labute approximate surface area is 143 Å². The van der Waals surface area contributed by atoms with Crippen molar-refractivity contribution in [3.8, 4) is 0 Å². The lowest BCUT2D eigenvalue weighted by Gasteiger charge is -2.11. The van der Waals surface area contributed by atoms with E-state index in [4.69, 9.17) is 11.6 Å². The van der Waals surface area contributed by atoms with E-state index in [0.29, 0.717) is 6.54 Å². The molecule has 0 radical (unpaired) electrons. The van der Waals surface area contributed by atoms with Gasteiger partial charge in [0.15, 0.2) is 5.96 Å². The predicted octanol–water partition coefficient (Wildman–Crippen LogP) is 3.34. The number of halogens is 1. The summed E-state index contributed by atoms with van der Waals surface area (Å²) < 4.78 is 0. The summed E-state index contributed by atoms with van der Waals surface area (Å²) in [6, 6.07) is 13.9. The lowest BCUT2D eigenvalue weighted by Crippen LogP contribution is -2.38. The van der Waals surface area contributed by atoms with Crippen molar-refractivity contribution in [2.45, 2.75) is 26.8 Å². The number of guanidine groups is 1. The van der Waals surface area contributed by atoms with Crippen molar-refractivity contribution in [2.75, 3.05) is 13.1 Å². The Balaban J connectivity index is 1.90. The smallest absolute Gasteiger partial charge is 0.191 e. The Bertz CT molecular complexity index is 655. The van der Waals surface area contributed by atoms with Crippen LogP contribution in [0.4, 0.5) is 0 Å². The molecule has 0 atom stereocenters. The zero-order valence-electron chi connectivity index (χ0n) is 13.6. The third-order valence-corrected chi connectivity index (χ3v) is 3.70. The number of pyridine rings is 1. The van der Waals surface area contributed by atoms with E-state index in [1.807, 2.05) is 49.4 Å². The Morgan fingerprint density at radius 1 is 1.13 bits per heavy atom. The fraction of sp³-hybridized carbons (Fsp3) is 0.333. The number of benzene rings is 1. The summed E-state index contributed by atoms with van der Waals surface area (Å²) in [5.74, 6) is 0.794. The molecule has 4 nitrogen and oxygen atoms in total. The average Bonchev–Trinajstić information content (AvgIpc) is 2.54. The Kier molecular flexibility index (Phi) is 6.88. The van der Waals surface area contributed by atoms with Gasteiger partial charge in [-0.3, -0.25) is 4.98 Å². The van der Waals surface area contributed by atoms with E-state index >= 15 is 0 Å². The summed E-state index contributed by atoms with van der Waals surface area (Å²) in [6.45, 7) is 6.19. The van der Waals surface area contributed by atoms with Crippen LogP contribution in [0.3, 0.4) is 0 Å². The van der Waals surface area contributed by atoms with E-state index in [-0.39, 0.29) is 0 Å². The van der Waals surface area contributed by atoms with E-state index in [1.54, 1.807) is 0 Å². The first-order chi connectivity index (χ1) is 11.2. The molecule has 2 N–H and O–H groups in total. The SMILES string of the molecule is CCNC(=NCc1cccc(C)n1)NCCc1ccccc1Cl. The number of hydrogen-bond acceptors (Lipinski definition) is 2. The molecule has 5 heteroatoms. The minimum Gasteiger partial charge on any atom is -0.357 e. The zero-order valence-corrected chi connectivity index (χ0v) is 14.4. The summed E-state index contributed by atoms with van der Waals surface area (Å²) >= 11 is 6.17. The summed E-state index contributed by atoms with van der Waals surface area (Å²) in [4.78, 5) is 9.04.